The summed E-state index contributed by atoms with van der Waals surface area (Å²) < 4.78 is 0. The number of piperidine rings is 1. The maximum atomic E-state index is 12.8. The van der Waals surface area contributed by atoms with Gasteiger partial charge in [0, 0.05) is 50.6 Å². The zero-order chi connectivity index (χ0) is 20.4. The van der Waals surface area contributed by atoms with Gasteiger partial charge in [0.2, 0.25) is 11.8 Å². The third-order valence-electron chi connectivity index (χ3n) is 6.04. The normalized spacial score (nSPS) is 24.0. The van der Waals surface area contributed by atoms with Crippen LogP contribution in [0.15, 0.2) is 18.2 Å². The second-order valence-corrected chi connectivity index (χ2v) is 7.92. The molecular formula is C21H25N5O3. The van der Waals surface area contributed by atoms with Gasteiger partial charge in [0.25, 0.3) is 5.91 Å². The molecule has 8 nitrogen and oxygen atoms in total. The van der Waals surface area contributed by atoms with Crippen molar-refractivity contribution >= 4 is 17.7 Å². The number of carbonyl (C=O) groups is 3. The summed E-state index contributed by atoms with van der Waals surface area (Å²) in [6.45, 7) is 3.76. The summed E-state index contributed by atoms with van der Waals surface area (Å²) in [7, 11) is 0. The van der Waals surface area contributed by atoms with E-state index in [1.807, 2.05) is 18.2 Å². The van der Waals surface area contributed by atoms with E-state index in [0.717, 1.165) is 43.7 Å². The highest BCUT2D eigenvalue weighted by atomic mass is 16.2. The molecule has 29 heavy (non-hydrogen) atoms. The van der Waals surface area contributed by atoms with E-state index in [4.69, 9.17) is 5.26 Å². The van der Waals surface area contributed by atoms with Gasteiger partial charge in [0.05, 0.1) is 6.07 Å². The molecule has 0 aliphatic carbocycles. The highest BCUT2D eigenvalue weighted by molar-refractivity contribution is 6.05. The standard InChI is InChI=1S/C21H25N5O3/c22-7-1-9-25(16-6-8-23-11-16)12-14-2-3-17-15(10-14)13-26(21(17)29)18-4-5-19(27)24-20(18)28/h2-3,10,16,18,23H,1,4-6,8-9,11-13H2,(H,24,27,28). The lowest BCUT2D eigenvalue weighted by Gasteiger charge is -2.29. The molecule has 0 aromatic heterocycles. The van der Waals surface area contributed by atoms with Crippen LogP contribution in [0.1, 0.15) is 47.2 Å². The van der Waals surface area contributed by atoms with Gasteiger partial charge < -0.3 is 10.2 Å². The zero-order valence-electron chi connectivity index (χ0n) is 16.3. The molecule has 152 valence electrons. The Labute approximate surface area is 169 Å². The second-order valence-electron chi connectivity index (χ2n) is 7.92. The number of fused-ring (bicyclic) bond motifs is 1. The minimum Gasteiger partial charge on any atom is -0.322 e. The summed E-state index contributed by atoms with van der Waals surface area (Å²) in [5.41, 5.74) is 2.65. The number of imide groups is 1. The van der Waals surface area contributed by atoms with Gasteiger partial charge in [0.15, 0.2) is 0 Å². The maximum Gasteiger partial charge on any atom is 0.255 e. The Morgan fingerprint density at radius 1 is 1.24 bits per heavy atom. The first-order valence-electron chi connectivity index (χ1n) is 10.1. The molecule has 1 aromatic carbocycles. The molecule has 1 aromatic rings. The molecule has 0 saturated carbocycles. The lowest BCUT2D eigenvalue weighted by atomic mass is 10.0. The monoisotopic (exact) mass is 395 g/mol. The van der Waals surface area contributed by atoms with Crippen molar-refractivity contribution in [3.63, 3.8) is 0 Å². The quantitative estimate of drug-likeness (QED) is 0.681. The first-order chi connectivity index (χ1) is 14.1. The average molecular weight is 395 g/mol. The molecule has 2 unspecified atom stereocenters. The van der Waals surface area contributed by atoms with Crippen molar-refractivity contribution in [2.75, 3.05) is 19.6 Å². The van der Waals surface area contributed by atoms with E-state index >= 15 is 0 Å². The van der Waals surface area contributed by atoms with E-state index in [1.54, 1.807) is 4.90 Å². The largest absolute Gasteiger partial charge is 0.322 e. The maximum absolute atomic E-state index is 12.8. The Morgan fingerprint density at radius 3 is 2.83 bits per heavy atom. The molecule has 8 heteroatoms. The molecule has 0 spiro atoms. The molecule has 2 fully saturated rings. The van der Waals surface area contributed by atoms with Crippen molar-refractivity contribution in [1.29, 1.82) is 5.26 Å². The fourth-order valence-corrected chi connectivity index (χ4v) is 4.50. The van der Waals surface area contributed by atoms with Gasteiger partial charge in [-0.3, -0.25) is 24.6 Å². The van der Waals surface area contributed by atoms with Crippen LogP contribution in [0, 0.1) is 11.3 Å². The number of amides is 3. The van der Waals surface area contributed by atoms with Crippen molar-refractivity contribution in [3.05, 3.63) is 34.9 Å². The summed E-state index contributed by atoms with van der Waals surface area (Å²) in [6, 6.07) is 7.90. The van der Waals surface area contributed by atoms with E-state index in [9.17, 15) is 14.4 Å². The van der Waals surface area contributed by atoms with Gasteiger partial charge in [-0.1, -0.05) is 12.1 Å². The number of nitrogens with one attached hydrogen (secondary N) is 2. The summed E-state index contributed by atoms with van der Waals surface area (Å²) in [6.07, 6.45) is 2.18. The van der Waals surface area contributed by atoms with Crippen LogP contribution in [-0.4, -0.2) is 59.2 Å². The third kappa shape index (κ3) is 4.02. The van der Waals surface area contributed by atoms with Gasteiger partial charge in [-0.15, -0.1) is 0 Å². The van der Waals surface area contributed by atoms with E-state index < -0.39 is 6.04 Å². The van der Waals surface area contributed by atoms with E-state index in [2.05, 4.69) is 21.6 Å². The van der Waals surface area contributed by atoms with Crippen LogP contribution in [0.25, 0.3) is 0 Å². The lowest BCUT2D eigenvalue weighted by molar-refractivity contribution is -0.136. The predicted molar refractivity (Wildman–Crippen MR) is 104 cm³/mol. The summed E-state index contributed by atoms with van der Waals surface area (Å²) in [5.74, 6) is -0.821. The summed E-state index contributed by atoms with van der Waals surface area (Å²) in [5, 5.41) is 14.7. The number of carbonyl (C=O) groups excluding carboxylic acids is 3. The van der Waals surface area contributed by atoms with Crippen LogP contribution in [0.4, 0.5) is 0 Å². The molecule has 3 aliphatic rings. The summed E-state index contributed by atoms with van der Waals surface area (Å²) >= 11 is 0. The molecule has 0 radical (unpaired) electrons. The number of nitriles is 1. The van der Waals surface area contributed by atoms with E-state index in [-0.39, 0.29) is 24.1 Å². The fourth-order valence-electron chi connectivity index (χ4n) is 4.50. The second kappa shape index (κ2) is 8.31. The predicted octanol–water partition coefficient (Wildman–Crippen LogP) is 0.525. The molecule has 4 rings (SSSR count). The first kappa shape index (κ1) is 19.6. The molecule has 2 N–H and O–H groups in total. The molecular weight excluding hydrogens is 370 g/mol. The minimum atomic E-state index is -0.590. The number of hydrogen-bond acceptors (Lipinski definition) is 6. The van der Waals surface area contributed by atoms with Crippen LogP contribution in [-0.2, 0) is 22.7 Å². The smallest absolute Gasteiger partial charge is 0.255 e. The van der Waals surface area contributed by atoms with Crippen molar-refractivity contribution in [1.82, 2.24) is 20.4 Å². The zero-order valence-corrected chi connectivity index (χ0v) is 16.3. The van der Waals surface area contributed by atoms with Crippen molar-refractivity contribution in [2.45, 2.75) is 50.9 Å². The number of benzene rings is 1. The molecule has 2 atom stereocenters. The first-order valence-corrected chi connectivity index (χ1v) is 10.1. The molecule has 2 saturated heterocycles. The number of nitrogens with zero attached hydrogens (tertiary/aromatic N) is 3. The molecule has 0 bridgehead atoms. The van der Waals surface area contributed by atoms with Gasteiger partial charge in [-0.05, 0) is 36.6 Å². The Bertz CT molecular complexity index is 872. The van der Waals surface area contributed by atoms with Crippen LogP contribution >= 0.6 is 0 Å². The van der Waals surface area contributed by atoms with Gasteiger partial charge in [0.1, 0.15) is 6.04 Å². The number of hydrogen-bond donors (Lipinski definition) is 2. The Morgan fingerprint density at radius 2 is 2.10 bits per heavy atom. The third-order valence-corrected chi connectivity index (χ3v) is 6.04. The van der Waals surface area contributed by atoms with Gasteiger partial charge >= 0.3 is 0 Å². The van der Waals surface area contributed by atoms with Crippen LogP contribution in [0.5, 0.6) is 0 Å². The van der Waals surface area contributed by atoms with Crippen molar-refractivity contribution in [2.24, 2.45) is 0 Å². The van der Waals surface area contributed by atoms with Crippen LogP contribution in [0.3, 0.4) is 0 Å². The highest BCUT2D eigenvalue weighted by Crippen LogP contribution is 2.29. The van der Waals surface area contributed by atoms with Crippen LogP contribution < -0.4 is 10.6 Å². The molecule has 3 amide bonds. The Hall–Kier alpha value is -2.76. The minimum absolute atomic E-state index is 0.151. The molecule has 3 aliphatic heterocycles. The topological polar surface area (TPSA) is 106 Å². The Balaban J connectivity index is 1.48. The lowest BCUT2D eigenvalue weighted by Crippen LogP contribution is -2.52. The SMILES string of the molecule is N#CCCN(Cc1ccc2c(c1)CN(C1CCC(=O)NC1=O)C2=O)C1CCNC1. The van der Waals surface area contributed by atoms with Gasteiger partial charge in [-0.25, -0.2) is 0 Å². The average Bonchev–Trinajstić information content (AvgIpc) is 3.34. The molecule has 3 heterocycles. The summed E-state index contributed by atoms with van der Waals surface area (Å²) in [4.78, 5) is 40.3. The van der Waals surface area contributed by atoms with E-state index in [0.29, 0.717) is 31.0 Å². The van der Waals surface area contributed by atoms with E-state index in [1.165, 1.54) is 0 Å². The Kier molecular flexibility index (Phi) is 5.60. The van der Waals surface area contributed by atoms with Crippen LogP contribution in [0.2, 0.25) is 0 Å². The van der Waals surface area contributed by atoms with Crippen molar-refractivity contribution < 1.29 is 14.4 Å². The van der Waals surface area contributed by atoms with Gasteiger partial charge in [-0.2, -0.15) is 5.26 Å². The number of rotatable bonds is 6. The fraction of sp³-hybridized carbons (Fsp3) is 0.524. The highest BCUT2D eigenvalue weighted by Gasteiger charge is 2.39. The van der Waals surface area contributed by atoms with Crippen molar-refractivity contribution in [3.8, 4) is 6.07 Å².